The van der Waals surface area contributed by atoms with Crippen LogP contribution in [0.25, 0.3) is 11.4 Å². The Bertz CT molecular complexity index is 813. The van der Waals surface area contributed by atoms with Crippen molar-refractivity contribution in [3.05, 3.63) is 65.7 Å². The number of nitrogens with one attached hydrogen (secondary N) is 1. The molecule has 0 saturated carbocycles. The SMILES string of the molecule is CNC(=O)c1ccc(CN(C)c2nc(-c3ccccc3)no2)cc1. The minimum atomic E-state index is -0.0979. The normalized spacial score (nSPS) is 10.4. The summed E-state index contributed by atoms with van der Waals surface area (Å²) in [6, 6.07) is 17.6. The van der Waals surface area contributed by atoms with Crippen LogP contribution in [0.3, 0.4) is 0 Å². The van der Waals surface area contributed by atoms with Crippen LogP contribution in [0.2, 0.25) is 0 Å². The van der Waals surface area contributed by atoms with Crippen LogP contribution in [0.15, 0.2) is 59.1 Å². The summed E-state index contributed by atoms with van der Waals surface area (Å²) < 4.78 is 5.33. The molecule has 1 heterocycles. The van der Waals surface area contributed by atoms with E-state index in [1.54, 1.807) is 19.2 Å². The summed E-state index contributed by atoms with van der Waals surface area (Å²) in [5.74, 6) is 0.465. The van der Waals surface area contributed by atoms with Gasteiger partial charge in [0.15, 0.2) is 0 Å². The number of carbonyl (C=O) groups excluding carboxylic acids is 1. The molecule has 0 unspecified atom stereocenters. The first-order chi connectivity index (χ1) is 11.7. The van der Waals surface area contributed by atoms with Crippen molar-refractivity contribution in [2.75, 3.05) is 19.0 Å². The van der Waals surface area contributed by atoms with Crippen LogP contribution >= 0.6 is 0 Å². The first-order valence-electron chi connectivity index (χ1n) is 7.58. The quantitative estimate of drug-likeness (QED) is 0.782. The Morgan fingerprint density at radius 3 is 2.50 bits per heavy atom. The van der Waals surface area contributed by atoms with Gasteiger partial charge in [0.25, 0.3) is 5.91 Å². The molecule has 0 radical (unpaired) electrons. The van der Waals surface area contributed by atoms with E-state index in [2.05, 4.69) is 15.5 Å². The van der Waals surface area contributed by atoms with Gasteiger partial charge in [-0.3, -0.25) is 4.79 Å². The highest BCUT2D eigenvalue weighted by Crippen LogP contribution is 2.20. The molecule has 0 atom stereocenters. The molecule has 1 aromatic heterocycles. The fourth-order valence-electron chi connectivity index (χ4n) is 2.32. The fourth-order valence-corrected chi connectivity index (χ4v) is 2.32. The predicted molar refractivity (Wildman–Crippen MR) is 91.7 cm³/mol. The number of carbonyl (C=O) groups is 1. The lowest BCUT2D eigenvalue weighted by molar-refractivity contribution is 0.0963. The lowest BCUT2D eigenvalue weighted by Crippen LogP contribution is -2.19. The Kier molecular flexibility index (Phi) is 4.56. The van der Waals surface area contributed by atoms with Gasteiger partial charge in [0, 0.05) is 31.8 Å². The Hall–Kier alpha value is -3.15. The molecule has 24 heavy (non-hydrogen) atoms. The molecule has 0 aliphatic heterocycles. The number of anilines is 1. The summed E-state index contributed by atoms with van der Waals surface area (Å²) in [6.45, 7) is 0.602. The van der Waals surface area contributed by atoms with E-state index in [4.69, 9.17) is 4.52 Å². The van der Waals surface area contributed by atoms with Crippen molar-refractivity contribution in [1.29, 1.82) is 0 Å². The third-order valence-corrected chi connectivity index (χ3v) is 3.64. The zero-order valence-electron chi connectivity index (χ0n) is 13.6. The monoisotopic (exact) mass is 322 g/mol. The molecule has 122 valence electrons. The van der Waals surface area contributed by atoms with Gasteiger partial charge >= 0.3 is 6.01 Å². The Morgan fingerprint density at radius 1 is 1.12 bits per heavy atom. The number of hydrogen-bond acceptors (Lipinski definition) is 5. The van der Waals surface area contributed by atoms with Crippen LogP contribution < -0.4 is 10.2 Å². The van der Waals surface area contributed by atoms with E-state index in [-0.39, 0.29) is 5.91 Å². The van der Waals surface area contributed by atoms with Crippen molar-refractivity contribution in [2.45, 2.75) is 6.54 Å². The van der Waals surface area contributed by atoms with E-state index in [0.29, 0.717) is 23.9 Å². The summed E-state index contributed by atoms with van der Waals surface area (Å²) in [5.41, 5.74) is 2.59. The second-order valence-electron chi connectivity index (χ2n) is 5.40. The van der Waals surface area contributed by atoms with Crippen molar-refractivity contribution in [3.63, 3.8) is 0 Å². The highest BCUT2D eigenvalue weighted by Gasteiger charge is 2.13. The summed E-state index contributed by atoms with van der Waals surface area (Å²) in [6.07, 6.45) is 0. The molecule has 0 saturated heterocycles. The first kappa shape index (κ1) is 15.7. The molecule has 0 bridgehead atoms. The van der Waals surface area contributed by atoms with Gasteiger partial charge in [0.1, 0.15) is 0 Å². The van der Waals surface area contributed by atoms with Crippen LogP contribution in [0, 0.1) is 0 Å². The lowest BCUT2D eigenvalue weighted by Gasteiger charge is -2.13. The molecule has 3 rings (SSSR count). The number of amides is 1. The van der Waals surface area contributed by atoms with Gasteiger partial charge < -0.3 is 14.7 Å². The smallest absolute Gasteiger partial charge is 0.324 e. The maximum absolute atomic E-state index is 11.6. The zero-order chi connectivity index (χ0) is 16.9. The van der Waals surface area contributed by atoms with E-state index in [9.17, 15) is 4.79 Å². The van der Waals surface area contributed by atoms with Crippen LogP contribution in [-0.2, 0) is 6.54 Å². The third-order valence-electron chi connectivity index (χ3n) is 3.64. The summed E-state index contributed by atoms with van der Waals surface area (Å²) in [4.78, 5) is 17.8. The molecular formula is C18H18N4O2. The lowest BCUT2D eigenvalue weighted by atomic mass is 10.1. The van der Waals surface area contributed by atoms with Gasteiger partial charge in [-0.2, -0.15) is 4.98 Å². The third kappa shape index (κ3) is 3.43. The number of hydrogen-bond donors (Lipinski definition) is 1. The van der Waals surface area contributed by atoms with E-state index in [1.165, 1.54) is 0 Å². The predicted octanol–water partition coefficient (Wildman–Crippen LogP) is 2.73. The Labute approximate surface area is 140 Å². The van der Waals surface area contributed by atoms with Gasteiger partial charge in [0.05, 0.1) is 0 Å². The van der Waals surface area contributed by atoms with Crippen LogP contribution in [0.5, 0.6) is 0 Å². The van der Waals surface area contributed by atoms with E-state index >= 15 is 0 Å². The fraction of sp³-hybridized carbons (Fsp3) is 0.167. The molecule has 3 aromatic rings. The molecule has 0 spiro atoms. The minimum Gasteiger partial charge on any atom is -0.355 e. The molecule has 1 amide bonds. The molecule has 0 fully saturated rings. The van der Waals surface area contributed by atoms with Gasteiger partial charge in [-0.1, -0.05) is 47.6 Å². The van der Waals surface area contributed by atoms with Gasteiger partial charge in [0.2, 0.25) is 5.82 Å². The number of aromatic nitrogens is 2. The van der Waals surface area contributed by atoms with E-state index in [0.717, 1.165) is 11.1 Å². The molecular weight excluding hydrogens is 304 g/mol. The molecule has 1 N–H and O–H groups in total. The molecule has 0 aliphatic carbocycles. The second kappa shape index (κ2) is 6.95. The largest absolute Gasteiger partial charge is 0.355 e. The van der Waals surface area contributed by atoms with Crippen molar-refractivity contribution < 1.29 is 9.32 Å². The highest BCUT2D eigenvalue weighted by atomic mass is 16.5. The van der Waals surface area contributed by atoms with Crippen LogP contribution in [0.1, 0.15) is 15.9 Å². The maximum Gasteiger partial charge on any atom is 0.324 e. The molecule has 6 heteroatoms. The number of benzene rings is 2. The van der Waals surface area contributed by atoms with Gasteiger partial charge in [-0.25, -0.2) is 0 Å². The average molecular weight is 322 g/mol. The topological polar surface area (TPSA) is 71.3 Å². The maximum atomic E-state index is 11.6. The average Bonchev–Trinajstić information content (AvgIpc) is 3.13. The second-order valence-corrected chi connectivity index (χ2v) is 5.40. The van der Waals surface area contributed by atoms with Crippen molar-refractivity contribution in [2.24, 2.45) is 0 Å². The van der Waals surface area contributed by atoms with E-state index < -0.39 is 0 Å². The zero-order valence-corrected chi connectivity index (χ0v) is 13.6. The number of rotatable bonds is 5. The summed E-state index contributed by atoms with van der Waals surface area (Å²) in [7, 11) is 3.50. The molecule has 0 aliphatic rings. The van der Waals surface area contributed by atoms with Gasteiger partial charge in [-0.05, 0) is 17.7 Å². The van der Waals surface area contributed by atoms with E-state index in [1.807, 2.05) is 54.4 Å². The Balaban J connectivity index is 1.70. The summed E-state index contributed by atoms with van der Waals surface area (Å²) >= 11 is 0. The van der Waals surface area contributed by atoms with Crippen LogP contribution in [0.4, 0.5) is 6.01 Å². The van der Waals surface area contributed by atoms with Gasteiger partial charge in [-0.15, -0.1) is 0 Å². The molecule has 6 nitrogen and oxygen atoms in total. The Morgan fingerprint density at radius 2 is 1.83 bits per heavy atom. The minimum absolute atomic E-state index is 0.0979. The summed E-state index contributed by atoms with van der Waals surface area (Å²) in [5, 5.41) is 6.62. The standard InChI is InChI=1S/C18H18N4O2/c1-19-17(23)15-10-8-13(9-11-15)12-22(2)18-20-16(21-24-18)14-6-4-3-5-7-14/h3-11H,12H2,1-2H3,(H,19,23). The molecule has 2 aromatic carbocycles. The van der Waals surface area contributed by atoms with Crippen molar-refractivity contribution >= 4 is 11.9 Å². The van der Waals surface area contributed by atoms with Crippen molar-refractivity contribution in [1.82, 2.24) is 15.5 Å². The number of nitrogens with zero attached hydrogens (tertiary/aromatic N) is 3. The van der Waals surface area contributed by atoms with Crippen LogP contribution in [-0.4, -0.2) is 30.1 Å². The first-order valence-corrected chi connectivity index (χ1v) is 7.58. The van der Waals surface area contributed by atoms with Crippen molar-refractivity contribution in [3.8, 4) is 11.4 Å². The highest BCUT2D eigenvalue weighted by molar-refractivity contribution is 5.93.